The molecule has 4 heteroatoms. The maximum atomic E-state index is 5.54. The molecule has 0 bridgehead atoms. The second-order valence-electron chi connectivity index (χ2n) is 6.74. The number of rotatable bonds is 3. The van der Waals surface area contributed by atoms with E-state index in [1.54, 1.807) is 6.26 Å². The van der Waals surface area contributed by atoms with Crippen LogP contribution in [0.1, 0.15) is 30.6 Å². The predicted molar refractivity (Wildman–Crippen MR) is 101 cm³/mol. The predicted octanol–water partition coefficient (Wildman–Crippen LogP) is 5.01. The summed E-state index contributed by atoms with van der Waals surface area (Å²) in [4.78, 5) is 11.9. The Hall–Kier alpha value is -2.62. The van der Waals surface area contributed by atoms with Crippen molar-refractivity contribution in [3.8, 4) is 22.4 Å². The summed E-state index contributed by atoms with van der Waals surface area (Å²) in [7, 11) is 0. The molecule has 0 saturated carbocycles. The lowest BCUT2D eigenvalue weighted by molar-refractivity contribution is 0.535. The lowest BCUT2D eigenvalue weighted by atomic mass is 10.00. The van der Waals surface area contributed by atoms with Gasteiger partial charge in [-0.3, -0.25) is 0 Å². The molecule has 1 saturated heterocycles. The minimum atomic E-state index is 0.826. The zero-order valence-electron chi connectivity index (χ0n) is 14.8. The summed E-state index contributed by atoms with van der Waals surface area (Å²) in [6.45, 7) is 6.16. The first-order chi connectivity index (χ1) is 12.2. The zero-order chi connectivity index (χ0) is 17.2. The highest BCUT2D eigenvalue weighted by atomic mass is 16.3. The highest BCUT2D eigenvalue weighted by Gasteiger charge is 2.19. The molecule has 0 N–H and O–H groups in total. The van der Waals surface area contributed by atoms with E-state index in [2.05, 4.69) is 36.1 Å². The highest BCUT2D eigenvalue weighted by Crippen LogP contribution is 2.34. The van der Waals surface area contributed by atoms with Gasteiger partial charge in [0.05, 0.1) is 12.0 Å². The van der Waals surface area contributed by atoms with Crippen LogP contribution in [0.25, 0.3) is 22.4 Å². The van der Waals surface area contributed by atoms with Crippen molar-refractivity contribution in [1.82, 2.24) is 9.97 Å². The van der Waals surface area contributed by atoms with Gasteiger partial charge in [-0.15, -0.1) is 0 Å². The molecule has 0 unspecified atom stereocenters. The molecule has 0 radical (unpaired) electrons. The molecule has 1 fully saturated rings. The number of nitrogens with zero attached hydrogens (tertiary/aromatic N) is 3. The average Bonchev–Trinajstić information content (AvgIpc) is 3.08. The highest BCUT2D eigenvalue weighted by molar-refractivity contribution is 5.81. The second kappa shape index (κ2) is 6.71. The van der Waals surface area contributed by atoms with Crippen LogP contribution < -0.4 is 4.90 Å². The van der Waals surface area contributed by atoms with E-state index in [9.17, 15) is 0 Å². The Morgan fingerprint density at radius 2 is 1.84 bits per heavy atom. The molecule has 0 aliphatic carbocycles. The van der Waals surface area contributed by atoms with Gasteiger partial charge < -0.3 is 9.32 Å². The van der Waals surface area contributed by atoms with Crippen LogP contribution in [0.2, 0.25) is 0 Å². The van der Waals surface area contributed by atoms with Gasteiger partial charge in [0.2, 0.25) is 5.95 Å². The lowest BCUT2D eigenvalue weighted by Crippen LogP contribution is -2.31. The van der Waals surface area contributed by atoms with Crippen LogP contribution in [0, 0.1) is 13.8 Å². The summed E-state index contributed by atoms with van der Waals surface area (Å²) in [5, 5.41) is 0. The van der Waals surface area contributed by atoms with Crippen LogP contribution in [0.3, 0.4) is 0 Å². The smallest absolute Gasteiger partial charge is 0.225 e. The number of aromatic nitrogens is 2. The monoisotopic (exact) mass is 333 g/mol. The SMILES string of the molecule is Cc1cccc(-c2cnc(N3CCCCC3)nc2-c2ccoc2C)c1. The second-order valence-corrected chi connectivity index (χ2v) is 6.74. The van der Waals surface area contributed by atoms with Gasteiger partial charge >= 0.3 is 0 Å². The van der Waals surface area contributed by atoms with Crippen LogP contribution in [0.5, 0.6) is 0 Å². The molecule has 3 heterocycles. The summed E-state index contributed by atoms with van der Waals surface area (Å²) >= 11 is 0. The van der Waals surface area contributed by atoms with Gasteiger partial charge in [-0.2, -0.15) is 0 Å². The van der Waals surface area contributed by atoms with Crippen molar-refractivity contribution in [1.29, 1.82) is 0 Å². The Morgan fingerprint density at radius 1 is 1.00 bits per heavy atom. The molecular formula is C21H23N3O. The van der Waals surface area contributed by atoms with Gasteiger partial charge in [-0.25, -0.2) is 9.97 Å². The molecule has 0 amide bonds. The summed E-state index contributed by atoms with van der Waals surface area (Å²) in [5.41, 5.74) is 5.41. The number of piperidine rings is 1. The molecule has 2 aromatic heterocycles. The lowest BCUT2D eigenvalue weighted by Gasteiger charge is -2.27. The number of anilines is 1. The first-order valence-electron chi connectivity index (χ1n) is 8.96. The molecule has 4 nitrogen and oxygen atoms in total. The van der Waals surface area contributed by atoms with E-state index in [1.165, 1.54) is 24.8 Å². The fourth-order valence-electron chi connectivity index (χ4n) is 3.48. The quantitative estimate of drug-likeness (QED) is 0.675. The first-order valence-corrected chi connectivity index (χ1v) is 8.96. The van der Waals surface area contributed by atoms with E-state index in [1.807, 2.05) is 19.2 Å². The molecule has 0 spiro atoms. The third-order valence-electron chi connectivity index (χ3n) is 4.86. The fourth-order valence-corrected chi connectivity index (χ4v) is 3.48. The Bertz CT molecular complexity index is 878. The van der Waals surface area contributed by atoms with E-state index in [0.717, 1.165) is 47.2 Å². The molecule has 1 aliphatic heterocycles. The third kappa shape index (κ3) is 3.16. The molecule has 4 rings (SSSR count). The molecule has 0 atom stereocenters. The van der Waals surface area contributed by atoms with Crippen molar-refractivity contribution in [2.24, 2.45) is 0 Å². The van der Waals surface area contributed by atoms with E-state index >= 15 is 0 Å². The van der Waals surface area contributed by atoms with Crippen LogP contribution >= 0.6 is 0 Å². The van der Waals surface area contributed by atoms with Gasteiger partial charge in [-0.05, 0) is 44.7 Å². The Morgan fingerprint density at radius 3 is 2.56 bits per heavy atom. The maximum Gasteiger partial charge on any atom is 0.225 e. The van der Waals surface area contributed by atoms with Crippen molar-refractivity contribution in [2.45, 2.75) is 33.1 Å². The molecule has 128 valence electrons. The van der Waals surface area contributed by atoms with E-state index in [0.29, 0.717) is 0 Å². The van der Waals surface area contributed by atoms with Crippen molar-refractivity contribution in [3.63, 3.8) is 0 Å². The van der Waals surface area contributed by atoms with Crippen LogP contribution in [-0.2, 0) is 0 Å². The molecular weight excluding hydrogens is 310 g/mol. The fraction of sp³-hybridized carbons (Fsp3) is 0.333. The largest absolute Gasteiger partial charge is 0.469 e. The summed E-state index contributed by atoms with van der Waals surface area (Å²) < 4.78 is 5.54. The molecule has 1 aliphatic rings. The van der Waals surface area contributed by atoms with Crippen molar-refractivity contribution >= 4 is 5.95 Å². The van der Waals surface area contributed by atoms with Crippen molar-refractivity contribution in [2.75, 3.05) is 18.0 Å². The number of benzene rings is 1. The molecule has 1 aromatic carbocycles. The summed E-state index contributed by atoms with van der Waals surface area (Å²) in [6, 6.07) is 10.5. The van der Waals surface area contributed by atoms with Gasteiger partial charge in [-0.1, -0.05) is 29.8 Å². The maximum absolute atomic E-state index is 5.54. The average molecular weight is 333 g/mol. The Kier molecular flexibility index (Phi) is 4.26. The minimum Gasteiger partial charge on any atom is -0.469 e. The van der Waals surface area contributed by atoms with E-state index in [-0.39, 0.29) is 0 Å². The number of hydrogen-bond acceptors (Lipinski definition) is 4. The number of furan rings is 1. The van der Waals surface area contributed by atoms with Crippen LogP contribution in [-0.4, -0.2) is 23.1 Å². The van der Waals surface area contributed by atoms with Crippen molar-refractivity contribution in [3.05, 3.63) is 54.1 Å². The number of aryl methyl sites for hydroxylation is 2. The Labute approximate surface area is 148 Å². The normalized spacial score (nSPS) is 14.7. The first kappa shape index (κ1) is 15.9. The van der Waals surface area contributed by atoms with Gasteiger partial charge in [0, 0.05) is 30.4 Å². The van der Waals surface area contributed by atoms with E-state index in [4.69, 9.17) is 14.4 Å². The van der Waals surface area contributed by atoms with Crippen molar-refractivity contribution < 1.29 is 4.42 Å². The molecule has 25 heavy (non-hydrogen) atoms. The minimum absolute atomic E-state index is 0.826. The van der Waals surface area contributed by atoms with Gasteiger partial charge in [0.25, 0.3) is 0 Å². The Balaban J connectivity index is 1.84. The topological polar surface area (TPSA) is 42.2 Å². The molecule has 3 aromatic rings. The van der Waals surface area contributed by atoms with Crippen LogP contribution in [0.15, 0.2) is 47.2 Å². The zero-order valence-corrected chi connectivity index (χ0v) is 14.8. The number of hydrogen-bond donors (Lipinski definition) is 0. The van der Waals surface area contributed by atoms with Gasteiger partial charge in [0.15, 0.2) is 0 Å². The van der Waals surface area contributed by atoms with E-state index < -0.39 is 0 Å². The standard InChI is InChI=1S/C21H23N3O/c1-15-7-6-8-17(13-15)19-14-22-21(24-10-4-3-5-11-24)23-20(19)18-9-12-25-16(18)2/h6-9,12-14H,3-5,10-11H2,1-2H3. The third-order valence-corrected chi connectivity index (χ3v) is 4.86. The summed E-state index contributed by atoms with van der Waals surface area (Å²) in [6.07, 6.45) is 7.42. The van der Waals surface area contributed by atoms with Crippen LogP contribution in [0.4, 0.5) is 5.95 Å². The van der Waals surface area contributed by atoms with Gasteiger partial charge in [0.1, 0.15) is 5.76 Å². The summed E-state index contributed by atoms with van der Waals surface area (Å²) in [5.74, 6) is 1.71.